The highest BCUT2D eigenvalue weighted by Gasteiger charge is 2.26. The zero-order valence-electron chi connectivity index (χ0n) is 13.4. The van der Waals surface area contributed by atoms with Crippen LogP contribution in [0.1, 0.15) is 19.8 Å². The van der Waals surface area contributed by atoms with Crippen molar-refractivity contribution in [2.24, 2.45) is 0 Å². The zero-order chi connectivity index (χ0) is 16.2. The van der Waals surface area contributed by atoms with Crippen LogP contribution < -0.4 is 10.4 Å². The number of ether oxygens (including phenoxy) is 3. The Morgan fingerprint density at radius 3 is 2.78 bits per heavy atom. The van der Waals surface area contributed by atoms with E-state index in [1.165, 1.54) is 0 Å². The van der Waals surface area contributed by atoms with E-state index in [1.54, 1.807) is 7.11 Å². The van der Waals surface area contributed by atoms with Crippen LogP contribution in [-0.4, -0.2) is 25.8 Å². The fraction of sp³-hybridized carbons (Fsp3) is 0.316. The summed E-state index contributed by atoms with van der Waals surface area (Å²) in [4.78, 5) is 11.6. The van der Waals surface area contributed by atoms with E-state index in [2.05, 4.69) is 6.07 Å². The first-order valence-electron chi connectivity index (χ1n) is 7.82. The maximum atomic E-state index is 11.6. The normalized spacial score (nSPS) is 18.5. The average molecular weight is 312 g/mol. The quantitative estimate of drug-likeness (QED) is 0.778. The van der Waals surface area contributed by atoms with Gasteiger partial charge in [0.05, 0.1) is 20.1 Å². The second-order valence-corrected chi connectivity index (χ2v) is 5.35. The molecule has 0 spiro atoms. The highest BCUT2D eigenvalue weighted by atomic mass is 16.5. The smallest absolute Gasteiger partial charge is 0.306 e. The highest BCUT2D eigenvalue weighted by Crippen LogP contribution is 2.28. The molecule has 0 amide bonds. The largest absolute Gasteiger partial charge is 0.496 e. The summed E-state index contributed by atoms with van der Waals surface area (Å²) in [5.74, 6) is 1.44. The minimum Gasteiger partial charge on any atom is -0.496 e. The highest BCUT2D eigenvalue weighted by molar-refractivity contribution is 5.74. The number of carbonyl (C=O) groups excluding carboxylic acids is 1. The molecule has 0 bridgehead atoms. The monoisotopic (exact) mass is 312 g/mol. The van der Waals surface area contributed by atoms with Gasteiger partial charge in [0, 0.05) is 17.2 Å². The molecule has 3 rings (SSSR count). The predicted molar refractivity (Wildman–Crippen MR) is 87.5 cm³/mol. The lowest BCUT2D eigenvalue weighted by Crippen LogP contribution is -2.39. The van der Waals surface area contributed by atoms with Gasteiger partial charge in [0.2, 0.25) is 0 Å². The predicted octanol–water partition coefficient (Wildman–Crippen LogP) is 1.79. The molecule has 0 N–H and O–H groups in total. The van der Waals surface area contributed by atoms with Gasteiger partial charge in [0.25, 0.3) is 0 Å². The second-order valence-electron chi connectivity index (χ2n) is 5.35. The van der Waals surface area contributed by atoms with Gasteiger partial charge < -0.3 is 14.2 Å². The van der Waals surface area contributed by atoms with E-state index in [4.69, 9.17) is 14.2 Å². The van der Waals surface area contributed by atoms with E-state index < -0.39 is 0 Å². The number of hydrogen-bond donors (Lipinski definition) is 0. The van der Waals surface area contributed by atoms with Gasteiger partial charge in [-0.15, -0.1) is 0 Å². The van der Waals surface area contributed by atoms with Gasteiger partial charge >= 0.3 is 5.97 Å². The van der Waals surface area contributed by atoms with Crippen molar-refractivity contribution in [2.75, 3.05) is 13.7 Å². The third-order valence-corrected chi connectivity index (χ3v) is 3.95. The van der Waals surface area contributed by atoms with Gasteiger partial charge in [0.1, 0.15) is 17.6 Å². The van der Waals surface area contributed by atoms with Crippen LogP contribution in [0.5, 0.6) is 0 Å². The molecule has 1 atom stereocenters. The van der Waals surface area contributed by atoms with E-state index in [0.29, 0.717) is 19.4 Å². The van der Waals surface area contributed by atoms with Crippen LogP contribution in [0.2, 0.25) is 0 Å². The van der Waals surface area contributed by atoms with E-state index in [9.17, 15) is 4.79 Å². The van der Waals surface area contributed by atoms with Crippen molar-refractivity contribution >= 4 is 17.3 Å². The molecule has 4 nitrogen and oxygen atoms in total. The maximum absolute atomic E-state index is 11.6. The molecule has 1 heterocycles. The molecule has 2 aliphatic rings. The number of fused-ring (bicyclic) bond motifs is 2. The zero-order valence-corrected chi connectivity index (χ0v) is 13.4. The third kappa shape index (κ3) is 3.02. The van der Waals surface area contributed by atoms with Crippen molar-refractivity contribution in [3.8, 4) is 0 Å². The summed E-state index contributed by atoms with van der Waals surface area (Å²) in [6.07, 6.45) is 6.54. The van der Waals surface area contributed by atoms with Gasteiger partial charge in [0.15, 0.2) is 0 Å². The molecule has 1 aliphatic heterocycles. The molecular formula is C19H20O4. The molecule has 0 saturated heterocycles. The van der Waals surface area contributed by atoms with Crippen LogP contribution in [0.25, 0.3) is 11.3 Å². The third-order valence-electron chi connectivity index (χ3n) is 3.95. The Morgan fingerprint density at radius 1 is 1.26 bits per heavy atom. The summed E-state index contributed by atoms with van der Waals surface area (Å²) in [7, 11) is 1.66. The van der Waals surface area contributed by atoms with Crippen LogP contribution in [0.3, 0.4) is 0 Å². The van der Waals surface area contributed by atoms with Gasteiger partial charge in [-0.25, -0.2) is 0 Å². The van der Waals surface area contributed by atoms with Gasteiger partial charge in [-0.1, -0.05) is 30.3 Å². The first kappa shape index (κ1) is 15.4. The summed E-state index contributed by atoms with van der Waals surface area (Å²) in [5, 5.41) is 2.11. The Labute approximate surface area is 135 Å². The number of allylic oxidation sites excluding steroid dienone is 2. The van der Waals surface area contributed by atoms with E-state index in [0.717, 1.165) is 27.5 Å². The maximum Gasteiger partial charge on any atom is 0.306 e. The molecule has 1 aromatic carbocycles. The summed E-state index contributed by atoms with van der Waals surface area (Å²) < 4.78 is 16.6. The molecule has 120 valence electrons. The molecular weight excluding hydrogens is 292 g/mol. The van der Waals surface area contributed by atoms with Crippen molar-refractivity contribution < 1.29 is 19.0 Å². The van der Waals surface area contributed by atoms with Gasteiger partial charge in [-0.2, -0.15) is 0 Å². The summed E-state index contributed by atoms with van der Waals surface area (Å²) in [6, 6.07) is 8.06. The van der Waals surface area contributed by atoms with E-state index >= 15 is 0 Å². The van der Waals surface area contributed by atoms with Crippen LogP contribution in [0.4, 0.5) is 0 Å². The molecule has 23 heavy (non-hydrogen) atoms. The molecule has 1 unspecified atom stereocenters. The Bertz CT molecular complexity index is 786. The van der Waals surface area contributed by atoms with Crippen molar-refractivity contribution in [3.63, 3.8) is 0 Å². The average Bonchev–Trinajstić information content (AvgIpc) is 2.59. The van der Waals surface area contributed by atoms with Crippen LogP contribution in [0, 0.1) is 0 Å². The van der Waals surface area contributed by atoms with Crippen molar-refractivity contribution in [2.45, 2.75) is 25.9 Å². The molecule has 4 heteroatoms. The first-order valence-corrected chi connectivity index (χ1v) is 7.82. The number of benzene rings is 1. The standard InChI is InChI=1S/C19H20O4/c1-3-22-18(20)12-11-15-13-7-4-5-8-14(13)19-16(21-2)9-6-10-17(19)23-15/h4-10,17H,3,11-12H2,1-2H3. The first-order chi connectivity index (χ1) is 11.2. The minimum atomic E-state index is -0.201. The van der Waals surface area contributed by atoms with Crippen LogP contribution in [-0.2, 0) is 19.0 Å². The Kier molecular flexibility index (Phi) is 4.51. The number of hydrogen-bond acceptors (Lipinski definition) is 4. The molecule has 0 radical (unpaired) electrons. The molecule has 0 fully saturated rings. The lowest BCUT2D eigenvalue weighted by molar-refractivity contribution is -0.143. The Hall–Kier alpha value is -2.49. The summed E-state index contributed by atoms with van der Waals surface area (Å²) in [6.45, 7) is 2.21. The number of carbonyl (C=O) groups is 1. The van der Waals surface area contributed by atoms with Gasteiger partial charge in [-0.05, 0) is 24.3 Å². The fourth-order valence-corrected chi connectivity index (χ4v) is 2.95. The molecule has 1 aliphatic carbocycles. The van der Waals surface area contributed by atoms with Gasteiger partial charge in [-0.3, -0.25) is 4.79 Å². The molecule has 1 aromatic rings. The number of methoxy groups -OCH3 is 1. The van der Waals surface area contributed by atoms with Crippen molar-refractivity contribution in [1.29, 1.82) is 0 Å². The van der Waals surface area contributed by atoms with Crippen LogP contribution >= 0.6 is 0 Å². The number of rotatable bonds is 5. The second kappa shape index (κ2) is 6.73. The van der Waals surface area contributed by atoms with E-state index in [1.807, 2.05) is 43.4 Å². The van der Waals surface area contributed by atoms with E-state index in [-0.39, 0.29) is 12.1 Å². The van der Waals surface area contributed by atoms with Crippen molar-refractivity contribution in [3.05, 3.63) is 58.7 Å². The number of esters is 1. The minimum absolute atomic E-state index is 0.179. The summed E-state index contributed by atoms with van der Waals surface area (Å²) in [5.41, 5.74) is 1.03. The lowest BCUT2D eigenvalue weighted by atomic mass is 9.95. The lowest BCUT2D eigenvalue weighted by Gasteiger charge is -2.28. The Morgan fingerprint density at radius 2 is 2.04 bits per heavy atom. The summed E-state index contributed by atoms with van der Waals surface area (Å²) >= 11 is 0. The fourth-order valence-electron chi connectivity index (χ4n) is 2.95. The Balaban J connectivity index is 2.05. The SMILES string of the molecule is CCOC(=O)CCC1=c2ccccc2=C2C(OC)=CC=CC2O1. The molecule has 0 saturated carbocycles. The molecule has 0 aromatic heterocycles. The van der Waals surface area contributed by atoms with Crippen molar-refractivity contribution in [1.82, 2.24) is 0 Å². The van der Waals surface area contributed by atoms with Crippen LogP contribution in [0.15, 0.2) is 48.3 Å². The topological polar surface area (TPSA) is 44.8 Å².